The molecule has 100 valence electrons. The van der Waals surface area contributed by atoms with E-state index in [4.69, 9.17) is 5.73 Å². The van der Waals surface area contributed by atoms with Crippen molar-refractivity contribution in [2.45, 2.75) is 39.2 Å². The first-order chi connectivity index (χ1) is 9.22. The molecule has 0 radical (unpaired) electrons. The molecule has 2 N–H and O–H groups in total. The van der Waals surface area contributed by atoms with Crippen LogP contribution < -0.4 is 5.73 Å². The first-order valence-corrected chi connectivity index (χ1v) is 7.16. The van der Waals surface area contributed by atoms with Crippen LogP contribution in [0.2, 0.25) is 0 Å². The summed E-state index contributed by atoms with van der Waals surface area (Å²) in [5.74, 6) is 0. The van der Waals surface area contributed by atoms with Crippen molar-refractivity contribution >= 4 is 0 Å². The summed E-state index contributed by atoms with van der Waals surface area (Å²) in [4.78, 5) is 0. The average Bonchev–Trinajstić information content (AvgIpc) is 2.45. The minimum atomic E-state index is 0.0657. The van der Waals surface area contributed by atoms with Crippen LogP contribution in [0.5, 0.6) is 0 Å². The summed E-state index contributed by atoms with van der Waals surface area (Å²) in [6, 6.07) is 17.4. The lowest BCUT2D eigenvalue weighted by Crippen LogP contribution is -2.06. The van der Waals surface area contributed by atoms with Crippen molar-refractivity contribution in [1.82, 2.24) is 0 Å². The second kappa shape index (κ2) is 6.53. The Hall–Kier alpha value is -1.60. The zero-order chi connectivity index (χ0) is 13.7. The van der Waals surface area contributed by atoms with Crippen molar-refractivity contribution in [2.75, 3.05) is 0 Å². The summed E-state index contributed by atoms with van der Waals surface area (Å²) >= 11 is 0. The van der Waals surface area contributed by atoms with Gasteiger partial charge in [0, 0.05) is 6.04 Å². The summed E-state index contributed by atoms with van der Waals surface area (Å²) in [6.07, 6.45) is 3.68. The van der Waals surface area contributed by atoms with Crippen LogP contribution in [0.25, 0.3) is 11.1 Å². The van der Waals surface area contributed by atoms with Gasteiger partial charge in [0.05, 0.1) is 0 Å². The van der Waals surface area contributed by atoms with Crippen LogP contribution in [0.15, 0.2) is 48.5 Å². The molecule has 2 aromatic carbocycles. The van der Waals surface area contributed by atoms with Crippen LogP contribution in [0, 0.1) is 0 Å². The Labute approximate surface area is 116 Å². The quantitative estimate of drug-likeness (QED) is 0.820. The van der Waals surface area contributed by atoms with Crippen LogP contribution in [0.1, 0.15) is 43.9 Å². The molecule has 2 aromatic rings. The highest BCUT2D eigenvalue weighted by Gasteiger charge is 2.07. The van der Waals surface area contributed by atoms with Gasteiger partial charge in [0.1, 0.15) is 0 Å². The highest BCUT2D eigenvalue weighted by Crippen LogP contribution is 2.27. The maximum absolute atomic E-state index is 6.05. The molecule has 0 saturated carbocycles. The Kier molecular flexibility index (Phi) is 4.75. The van der Waals surface area contributed by atoms with Gasteiger partial charge in [-0.15, -0.1) is 0 Å². The van der Waals surface area contributed by atoms with Gasteiger partial charge in [-0.25, -0.2) is 0 Å². The van der Waals surface area contributed by atoms with E-state index in [1.165, 1.54) is 41.5 Å². The third kappa shape index (κ3) is 3.45. The fraction of sp³-hybridized carbons (Fsp3) is 0.333. The van der Waals surface area contributed by atoms with E-state index in [2.05, 4.69) is 55.5 Å². The van der Waals surface area contributed by atoms with E-state index in [1.807, 2.05) is 6.92 Å². The first-order valence-electron chi connectivity index (χ1n) is 7.16. The summed E-state index contributed by atoms with van der Waals surface area (Å²) < 4.78 is 0. The van der Waals surface area contributed by atoms with Gasteiger partial charge < -0.3 is 5.73 Å². The topological polar surface area (TPSA) is 26.0 Å². The number of nitrogens with two attached hydrogens (primary N) is 1. The molecule has 19 heavy (non-hydrogen) atoms. The second-order valence-electron chi connectivity index (χ2n) is 5.18. The van der Waals surface area contributed by atoms with Crippen molar-refractivity contribution in [3.63, 3.8) is 0 Å². The van der Waals surface area contributed by atoms with E-state index in [1.54, 1.807) is 0 Å². The largest absolute Gasteiger partial charge is 0.324 e. The Morgan fingerprint density at radius 3 is 2.32 bits per heavy atom. The normalized spacial score (nSPS) is 12.4. The Bertz CT molecular complexity index is 511. The molecular formula is C18H23N. The number of hydrogen-bond donors (Lipinski definition) is 1. The minimum Gasteiger partial charge on any atom is -0.324 e. The minimum absolute atomic E-state index is 0.0657. The standard InChI is InChI=1S/C18H23N/c1-3-4-7-15-10-12-16(13-11-15)18-9-6-5-8-17(18)14(2)19/h5-6,8-14H,3-4,7,19H2,1-2H3. The predicted octanol–water partition coefficient (Wildman–Crippen LogP) is 4.72. The van der Waals surface area contributed by atoms with Crippen molar-refractivity contribution in [3.05, 3.63) is 59.7 Å². The molecule has 1 atom stereocenters. The molecule has 0 heterocycles. The molecule has 0 aliphatic carbocycles. The molecule has 1 nitrogen and oxygen atoms in total. The molecular weight excluding hydrogens is 230 g/mol. The summed E-state index contributed by atoms with van der Waals surface area (Å²) in [5.41, 5.74) is 11.2. The predicted molar refractivity (Wildman–Crippen MR) is 83.1 cm³/mol. The second-order valence-corrected chi connectivity index (χ2v) is 5.18. The number of aryl methyl sites for hydroxylation is 1. The first kappa shape index (κ1) is 13.8. The summed E-state index contributed by atoms with van der Waals surface area (Å²) in [7, 11) is 0. The van der Waals surface area contributed by atoms with E-state index in [0.29, 0.717) is 0 Å². The molecule has 0 saturated heterocycles. The Morgan fingerprint density at radius 1 is 1.00 bits per heavy atom. The lowest BCUT2D eigenvalue weighted by Gasteiger charge is -2.13. The van der Waals surface area contributed by atoms with Crippen LogP contribution in [0.3, 0.4) is 0 Å². The number of rotatable bonds is 5. The Morgan fingerprint density at radius 2 is 1.68 bits per heavy atom. The van der Waals surface area contributed by atoms with Gasteiger partial charge >= 0.3 is 0 Å². The van der Waals surface area contributed by atoms with Crippen molar-refractivity contribution in [3.8, 4) is 11.1 Å². The van der Waals surface area contributed by atoms with E-state index in [-0.39, 0.29) is 6.04 Å². The fourth-order valence-electron chi connectivity index (χ4n) is 2.39. The highest BCUT2D eigenvalue weighted by molar-refractivity contribution is 5.68. The molecule has 0 spiro atoms. The zero-order valence-corrected chi connectivity index (χ0v) is 11.9. The number of hydrogen-bond acceptors (Lipinski definition) is 1. The smallest absolute Gasteiger partial charge is 0.0272 e. The van der Waals surface area contributed by atoms with E-state index < -0.39 is 0 Å². The van der Waals surface area contributed by atoms with Crippen molar-refractivity contribution in [2.24, 2.45) is 5.73 Å². The molecule has 0 fully saturated rings. The molecule has 0 aromatic heterocycles. The average molecular weight is 253 g/mol. The Balaban J connectivity index is 2.27. The van der Waals surface area contributed by atoms with Gasteiger partial charge in [0.15, 0.2) is 0 Å². The molecule has 0 bridgehead atoms. The van der Waals surface area contributed by atoms with Crippen molar-refractivity contribution < 1.29 is 0 Å². The van der Waals surface area contributed by atoms with Gasteiger partial charge in [-0.3, -0.25) is 0 Å². The van der Waals surface area contributed by atoms with E-state index in [9.17, 15) is 0 Å². The van der Waals surface area contributed by atoms with Crippen LogP contribution >= 0.6 is 0 Å². The fourth-order valence-corrected chi connectivity index (χ4v) is 2.39. The van der Waals surface area contributed by atoms with Crippen LogP contribution in [-0.2, 0) is 6.42 Å². The number of benzene rings is 2. The lowest BCUT2D eigenvalue weighted by atomic mass is 9.95. The highest BCUT2D eigenvalue weighted by atomic mass is 14.6. The van der Waals surface area contributed by atoms with Gasteiger partial charge in [0.2, 0.25) is 0 Å². The monoisotopic (exact) mass is 253 g/mol. The molecule has 2 rings (SSSR count). The van der Waals surface area contributed by atoms with Gasteiger partial charge in [-0.05, 0) is 42.0 Å². The molecule has 0 aliphatic heterocycles. The van der Waals surface area contributed by atoms with E-state index in [0.717, 1.165) is 0 Å². The molecule has 1 heteroatoms. The maximum Gasteiger partial charge on any atom is 0.0272 e. The maximum atomic E-state index is 6.05. The van der Waals surface area contributed by atoms with Gasteiger partial charge in [0.25, 0.3) is 0 Å². The number of unbranched alkanes of at least 4 members (excludes halogenated alkanes) is 1. The third-order valence-electron chi connectivity index (χ3n) is 3.54. The summed E-state index contributed by atoms with van der Waals surface area (Å²) in [5, 5.41) is 0. The molecule has 0 aliphatic rings. The van der Waals surface area contributed by atoms with Crippen molar-refractivity contribution in [1.29, 1.82) is 0 Å². The van der Waals surface area contributed by atoms with Gasteiger partial charge in [-0.1, -0.05) is 61.9 Å². The molecule has 0 amide bonds. The van der Waals surface area contributed by atoms with Crippen LogP contribution in [-0.4, -0.2) is 0 Å². The SMILES string of the molecule is CCCCc1ccc(-c2ccccc2C(C)N)cc1. The lowest BCUT2D eigenvalue weighted by molar-refractivity contribution is 0.795. The molecule has 1 unspecified atom stereocenters. The summed E-state index contributed by atoms with van der Waals surface area (Å²) in [6.45, 7) is 4.27. The van der Waals surface area contributed by atoms with E-state index >= 15 is 0 Å². The van der Waals surface area contributed by atoms with Gasteiger partial charge in [-0.2, -0.15) is 0 Å². The third-order valence-corrected chi connectivity index (χ3v) is 3.54. The zero-order valence-electron chi connectivity index (χ0n) is 11.9. The van der Waals surface area contributed by atoms with Crippen LogP contribution in [0.4, 0.5) is 0 Å².